The fourth-order valence-corrected chi connectivity index (χ4v) is 2.28. The number of aryl methyl sites for hydroxylation is 1. The zero-order chi connectivity index (χ0) is 14.5. The van der Waals surface area contributed by atoms with Gasteiger partial charge in [-0.3, -0.25) is 4.98 Å². The van der Waals surface area contributed by atoms with Gasteiger partial charge in [-0.15, -0.1) is 0 Å². The van der Waals surface area contributed by atoms with E-state index in [2.05, 4.69) is 32.0 Å². The number of methoxy groups -OCH3 is 1. The van der Waals surface area contributed by atoms with Crippen molar-refractivity contribution in [1.82, 2.24) is 14.5 Å². The lowest BCUT2D eigenvalue weighted by Crippen LogP contribution is -2.05. The van der Waals surface area contributed by atoms with Crippen LogP contribution in [0.15, 0.2) is 48.9 Å². The standard InChI is InChI=1S/C16H18N4O/c1-21-11-3-9-20-10-8-18-16(20)19-14-5-6-15-13(12-14)4-2-7-17-15/h2,4-8,10,12H,3,9,11H2,1H3,(H,18,19). The molecule has 0 atom stereocenters. The first-order valence-electron chi connectivity index (χ1n) is 6.99. The summed E-state index contributed by atoms with van der Waals surface area (Å²) in [5, 5.41) is 4.47. The third-order valence-electron chi connectivity index (χ3n) is 3.32. The van der Waals surface area contributed by atoms with Gasteiger partial charge in [0.15, 0.2) is 0 Å². The van der Waals surface area contributed by atoms with Crippen molar-refractivity contribution in [3.63, 3.8) is 0 Å². The molecule has 0 unspecified atom stereocenters. The molecule has 1 aromatic carbocycles. The summed E-state index contributed by atoms with van der Waals surface area (Å²) in [5.41, 5.74) is 2.00. The number of ether oxygens (including phenoxy) is 1. The molecule has 3 rings (SSSR count). The highest BCUT2D eigenvalue weighted by Crippen LogP contribution is 2.20. The molecule has 0 radical (unpaired) electrons. The number of hydrogen-bond acceptors (Lipinski definition) is 4. The number of aromatic nitrogens is 3. The molecule has 0 spiro atoms. The van der Waals surface area contributed by atoms with Crippen molar-refractivity contribution in [2.75, 3.05) is 19.0 Å². The minimum absolute atomic E-state index is 0.749. The summed E-state index contributed by atoms with van der Waals surface area (Å²) in [5.74, 6) is 0.842. The molecule has 0 aliphatic rings. The summed E-state index contributed by atoms with van der Waals surface area (Å²) >= 11 is 0. The Hall–Kier alpha value is -2.40. The first-order valence-corrected chi connectivity index (χ1v) is 6.99. The topological polar surface area (TPSA) is 52.0 Å². The van der Waals surface area contributed by atoms with E-state index in [1.54, 1.807) is 19.5 Å². The molecule has 0 amide bonds. The maximum Gasteiger partial charge on any atom is 0.207 e. The number of fused-ring (bicyclic) bond motifs is 1. The van der Waals surface area contributed by atoms with Gasteiger partial charge in [-0.1, -0.05) is 6.07 Å². The Morgan fingerprint density at radius 1 is 1.19 bits per heavy atom. The van der Waals surface area contributed by atoms with Crippen LogP contribution in [0.4, 0.5) is 11.6 Å². The van der Waals surface area contributed by atoms with Crippen LogP contribution in [0.1, 0.15) is 6.42 Å². The second-order valence-electron chi connectivity index (χ2n) is 4.83. The molecular formula is C16H18N4O. The van der Waals surface area contributed by atoms with Crippen LogP contribution in [0.25, 0.3) is 10.9 Å². The highest BCUT2D eigenvalue weighted by Gasteiger charge is 2.04. The van der Waals surface area contributed by atoms with Crippen molar-refractivity contribution < 1.29 is 4.74 Å². The smallest absolute Gasteiger partial charge is 0.207 e. The summed E-state index contributed by atoms with van der Waals surface area (Å²) in [6, 6.07) is 10.1. The van der Waals surface area contributed by atoms with Crippen LogP contribution in [0.2, 0.25) is 0 Å². The Morgan fingerprint density at radius 2 is 2.14 bits per heavy atom. The Balaban J connectivity index is 1.77. The second-order valence-corrected chi connectivity index (χ2v) is 4.83. The Labute approximate surface area is 123 Å². The van der Waals surface area contributed by atoms with Crippen LogP contribution in [-0.4, -0.2) is 28.3 Å². The summed E-state index contributed by atoms with van der Waals surface area (Å²) in [7, 11) is 1.72. The highest BCUT2D eigenvalue weighted by molar-refractivity contribution is 5.82. The zero-order valence-corrected chi connectivity index (χ0v) is 12.0. The molecule has 1 N–H and O–H groups in total. The first kappa shape index (κ1) is 13.6. The van der Waals surface area contributed by atoms with Gasteiger partial charge in [0.1, 0.15) is 0 Å². The highest BCUT2D eigenvalue weighted by atomic mass is 16.5. The average Bonchev–Trinajstić information content (AvgIpc) is 2.95. The number of benzene rings is 1. The van der Waals surface area contributed by atoms with Gasteiger partial charge in [0, 0.05) is 49.9 Å². The van der Waals surface area contributed by atoms with Gasteiger partial charge in [-0.05, 0) is 30.7 Å². The fourth-order valence-electron chi connectivity index (χ4n) is 2.28. The van der Waals surface area contributed by atoms with Crippen molar-refractivity contribution in [2.45, 2.75) is 13.0 Å². The number of rotatable bonds is 6. The lowest BCUT2D eigenvalue weighted by atomic mass is 10.2. The largest absolute Gasteiger partial charge is 0.385 e. The lowest BCUT2D eigenvalue weighted by molar-refractivity contribution is 0.190. The number of pyridine rings is 1. The van der Waals surface area contributed by atoms with Gasteiger partial charge in [0.2, 0.25) is 5.95 Å². The van der Waals surface area contributed by atoms with Gasteiger partial charge >= 0.3 is 0 Å². The molecule has 0 bridgehead atoms. The molecule has 5 heteroatoms. The molecule has 2 aromatic heterocycles. The van der Waals surface area contributed by atoms with E-state index in [1.165, 1.54) is 0 Å². The van der Waals surface area contributed by atoms with Crippen LogP contribution in [-0.2, 0) is 11.3 Å². The summed E-state index contributed by atoms with van der Waals surface area (Å²) < 4.78 is 7.18. The molecule has 0 aliphatic heterocycles. The summed E-state index contributed by atoms with van der Waals surface area (Å²) in [6.45, 7) is 1.63. The minimum Gasteiger partial charge on any atom is -0.385 e. The van der Waals surface area contributed by atoms with Crippen LogP contribution < -0.4 is 5.32 Å². The number of anilines is 2. The number of hydrogen-bond donors (Lipinski definition) is 1. The van der Waals surface area contributed by atoms with E-state index < -0.39 is 0 Å². The van der Waals surface area contributed by atoms with Gasteiger partial charge in [-0.25, -0.2) is 4.98 Å². The predicted molar refractivity (Wildman–Crippen MR) is 83.7 cm³/mol. The predicted octanol–water partition coefficient (Wildman–Crippen LogP) is 3.21. The van der Waals surface area contributed by atoms with E-state index in [9.17, 15) is 0 Å². The lowest BCUT2D eigenvalue weighted by Gasteiger charge is -2.10. The molecule has 0 fully saturated rings. The first-order chi connectivity index (χ1) is 10.4. The molecular weight excluding hydrogens is 264 g/mol. The number of nitrogens with zero attached hydrogens (tertiary/aromatic N) is 3. The third-order valence-corrected chi connectivity index (χ3v) is 3.32. The number of imidazole rings is 1. The molecule has 108 valence electrons. The minimum atomic E-state index is 0.749. The molecule has 5 nitrogen and oxygen atoms in total. The van der Waals surface area contributed by atoms with E-state index >= 15 is 0 Å². The normalized spacial score (nSPS) is 10.9. The van der Waals surface area contributed by atoms with Crippen molar-refractivity contribution in [3.05, 3.63) is 48.9 Å². The van der Waals surface area contributed by atoms with Gasteiger partial charge < -0.3 is 14.6 Å². The number of nitrogens with one attached hydrogen (secondary N) is 1. The van der Waals surface area contributed by atoms with Crippen LogP contribution >= 0.6 is 0 Å². The van der Waals surface area contributed by atoms with Crippen molar-refractivity contribution in [1.29, 1.82) is 0 Å². The third kappa shape index (κ3) is 3.20. The van der Waals surface area contributed by atoms with E-state index in [0.29, 0.717) is 0 Å². The fraction of sp³-hybridized carbons (Fsp3) is 0.250. The van der Waals surface area contributed by atoms with Gasteiger partial charge in [0.05, 0.1) is 5.52 Å². The van der Waals surface area contributed by atoms with Crippen LogP contribution in [0.3, 0.4) is 0 Å². The van der Waals surface area contributed by atoms with Gasteiger partial charge in [0.25, 0.3) is 0 Å². The SMILES string of the molecule is COCCCn1ccnc1Nc1ccc2ncccc2c1. The summed E-state index contributed by atoms with van der Waals surface area (Å²) in [4.78, 5) is 8.69. The Kier molecular flexibility index (Phi) is 4.12. The van der Waals surface area contributed by atoms with E-state index in [1.807, 2.05) is 24.4 Å². The Bertz CT molecular complexity index is 723. The molecule has 0 saturated carbocycles. The van der Waals surface area contributed by atoms with Gasteiger partial charge in [-0.2, -0.15) is 0 Å². The molecule has 0 aliphatic carbocycles. The Morgan fingerprint density at radius 3 is 3.05 bits per heavy atom. The van der Waals surface area contributed by atoms with E-state index in [-0.39, 0.29) is 0 Å². The van der Waals surface area contributed by atoms with Crippen LogP contribution in [0, 0.1) is 0 Å². The molecule has 2 heterocycles. The summed E-state index contributed by atoms with van der Waals surface area (Å²) in [6.07, 6.45) is 6.54. The van der Waals surface area contributed by atoms with E-state index in [4.69, 9.17) is 4.74 Å². The maximum absolute atomic E-state index is 5.09. The van der Waals surface area contributed by atoms with E-state index in [0.717, 1.165) is 42.1 Å². The van der Waals surface area contributed by atoms with Crippen molar-refractivity contribution in [3.8, 4) is 0 Å². The van der Waals surface area contributed by atoms with Crippen LogP contribution in [0.5, 0.6) is 0 Å². The molecule has 21 heavy (non-hydrogen) atoms. The maximum atomic E-state index is 5.09. The quantitative estimate of drug-likeness (QED) is 0.705. The molecule has 0 saturated heterocycles. The van der Waals surface area contributed by atoms with Crippen molar-refractivity contribution in [2.24, 2.45) is 0 Å². The average molecular weight is 282 g/mol. The van der Waals surface area contributed by atoms with Crippen molar-refractivity contribution >= 4 is 22.5 Å². The molecule has 3 aromatic rings. The zero-order valence-electron chi connectivity index (χ0n) is 12.0. The monoisotopic (exact) mass is 282 g/mol. The second kappa shape index (κ2) is 6.37.